The number of amides is 1. The van der Waals surface area contributed by atoms with Gasteiger partial charge in [0.15, 0.2) is 0 Å². The van der Waals surface area contributed by atoms with Crippen molar-refractivity contribution in [2.75, 3.05) is 11.1 Å². The number of hydrogen-bond acceptors (Lipinski definition) is 2. The van der Waals surface area contributed by atoms with Gasteiger partial charge in [-0.15, -0.1) is 0 Å². The Morgan fingerprint density at radius 1 is 1.50 bits per heavy atom. The Kier molecular flexibility index (Phi) is 3.34. The average Bonchev–Trinajstić information content (AvgIpc) is 2.18. The van der Waals surface area contributed by atoms with Crippen molar-refractivity contribution in [2.45, 2.75) is 25.7 Å². The highest BCUT2D eigenvalue weighted by Crippen LogP contribution is 2.30. The summed E-state index contributed by atoms with van der Waals surface area (Å²) in [4.78, 5) is 11.7. The molecule has 1 aliphatic rings. The van der Waals surface area contributed by atoms with E-state index >= 15 is 0 Å². The molecule has 1 aromatic carbocycles. The highest BCUT2D eigenvalue weighted by atomic mass is 35.5. The van der Waals surface area contributed by atoms with Crippen LogP contribution in [-0.2, 0) is 4.79 Å². The van der Waals surface area contributed by atoms with Crippen molar-refractivity contribution in [3.05, 3.63) is 23.2 Å². The van der Waals surface area contributed by atoms with E-state index in [1.54, 1.807) is 18.2 Å². The summed E-state index contributed by atoms with van der Waals surface area (Å²) in [5.74, 6) is 0.582. The Morgan fingerprint density at radius 3 is 2.88 bits per heavy atom. The van der Waals surface area contributed by atoms with Crippen molar-refractivity contribution >= 4 is 28.9 Å². The summed E-state index contributed by atoms with van der Waals surface area (Å²) in [7, 11) is 0. The molecule has 1 saturated carbocycles. The molecule has 0 aromatic heterocycles. The molecule has 1 fully saturated rings. The molecule has 1 amide bonds. The van der Waals surface area contributed by atoms with Crippen molar-refractivity contribution in [1.29, 1.82) is 0 Å². The number of nitrogens with one attached hydrogen (secondary N) is 1. The molecular formula is C12H15ClN2O. The van der Waals surface area contributed by atoms with Crippen LogP contribution in [0.1, 0.15) is 25.7 Å². The molecule has 3 N–H and O–H groups in total. The van der Waals surface area contributed by atoms with Gasteiger partial charge in [0.2, 0.25) is 5.91 Å². The quantitative estimate of drug-likeness (QED) is 0.796. The Hall–Kier alpha value is -1.22. The Morgan fingerprint density at radius 2 is 2.25 bits per heavy atom. The first kappa shape index (κ1) is 11.3. The number of hydrogen-bond donors (Lipinski definition) is 2. The summed E-state index contributed by atoms with van der Waals surface area (Å²) in [6.45, 7) is 0. The van der Waals surface area contributed by atoms with E-state index in [1.165, 1.54) is 19.3 Å². The van der Waals surface area contributed by atoms with Gasteiger partial charge in [0.1, 0.15) is 0 Å². The molecule has 0 bridgehead atoms. The molecule has 0 atom stereocenters. The van der Waals surface area contributed by atoms with Gasteiger partial charge in [-0.3, -0.25) is 4.79 Å². The van der Waals surface area contributed by atoms with E-state index in [0.29, 0.717) is 28.7 Å². The zero-order chi connectivity index (χ0) is 11.5. The van der Waals surface area contributed by atoms with Crippen LogP contribution in [0.5, 0.6) is 0 Å². The maximum Gasteiger partial charge on any atom is 0.224 e. The molecule has 2 rings (SSSR count). The number of anilines is 2. The highest BCUT2D eigenvalue weighted by Gasteiger charge is 2.20. The maximum absolute atomic E-state index is 11.7. The lowest BCUT2D eigenvalue weighted by atomic mass is 9.83. The fourth-order valence-electron chi connectivity index (χ4n) is 1.80. The molecule has 0 unspecified atom stereocenters. The molecule has 4 heteroatoms. The first-order chi connectivity index (χ1) is 7.65. The number of benzene rings is 1. The second kappa shape index (κ2) is 4.74. The van der Waals surface area contributed by atoms with Gasteiger partial charge >= 0.3 is 0 Å². The number of rotatable bonds is 3. The first-order valence-corrected chi connectivity index (χ1v) is 5.88. The van der Waals surface area contributed by atoms with Gasteiger partial charge in [-0.05, 0) is 37.0 Å². The topological polar surface area (TPSA) is 55.1 Å². The van der Waals surface area contributed by atoms with Gasteiger partial charge in [-0.1, -0.05) is 18.0 Å². The van der Waals surface area contributed by atoms with E-state index in [4.69, 9.17) is 17.3 Å². The summed E-state index contributed by atoms with van der Waals surface area (Å²) in [6, 6.07) is 5.08. The fourth-order valence-corrected chi connectivity index (χ4v) is 1.97. The number of nitrogen functional groups attached to an aromatic ring is 1. The number of carbonyl (C=O) groups is 1. The van der Waals surface area contributed by atoms with Gasteiger partial charge in [-0.25, -0.2) is 0 Å². The minimum absolute atomic E-state index is 0.0265. The Labute approximate surface area is 100.0 Å². The SMILES string of the molecule is Nc1ccc(Cl)cc1NC(=O)CC1CCC1. The Balaban J connectivity index is 1.96. The molecule has 1 aromatic rings. The minimum atomic E-state index is 0.0265. The van der Waals surface area contributed by atoms with E-state index in [2.05, 4.69) is 5.32 Å². The molecule has 86 valence electrons. The van der Waals surface area contributed by atoms with E-state index in [1.807, 2.05) is 0 Å². The molecule has 16 heavy (non-hydrogen) atoms. The minimum Gasteiger partial charge on any atom is -0.397 e. The zero-order valence-electron chi connectivity index (χ0n) is 9.00. The smallest absolute Gasteiger partial charge is 0.224 e. The summed E-state index contributed by atoms with van der Waals surface area (Å²) in [5, 5.41) is 3.38. The van der Waals surface area contributed by atoms with Gasteiger partial charge in [-0.2, -0.15) is 0 Å². The van der Waals surface area contributed by atoms with E-state index in [9.17, 15) is 4.79 Å². The third-order valence-electron chi connectivity index (χ3n) is 2.99. The zero-order valence-corrected chi connectivity index (χ0v) is 9.76. The van der Waals surface area contributed by atoms with Crippen molar-refractivity contribution in [1.82, 2.24) is 0 Å². The third-order valence-corrected chi connectivity index (χ3v) is 3.22. The number of nitrogens with two attached hydrogens (primary N) is 1. The standard InChI is InChI=1S/C12H15ClN2O/c13-9-4-5-10(14)11(7-9)15-12(16)6-8-2-1-3-8/h4-5,7-8H,1-3,6,14H2,(H,15,16). The summed E-state index contributed by atoms with van der Waals surface area (Å²) >= 11 is 5.84. The molecule has 1 aliphatic carbocycles. The maximum atomic E-state index is 11.7. The lowest BCUT2D eigenvalue weighted by Crippen LogP contribution is -2.21. The highest BCUT2D eigenvalue weighted by molar-refractivity contribution is 6.31. The predicted octanol–water partition coefficient (Wildman–Crippen LogP) is 3.05. The fraction of sp³-hybridized carbons (Fsp3) is 0.417. The van der Waals surface area contributed by atoms with Gasteiger partial charge in [0.05, 0.1) is 11.4 Å². The first-order valence-electron chi connectivity index (χ1n) is 5.50. The van der Waals surface area contributed by atoms with Crippen LogP contribution < -0.4 is 11.1 Å². The Bertz CT molecular complexity index is 402. The molecule has 0 radical (unpaired) electrons. The molecule has 0 aliphatic heterocycles. The van der Waals surface area contributed by atoms with Crippen molar-refractivity contribution in [2.24, 2.45) is 5.92 Å². The molecule has 0 spiro atoms. The largest absolute Gasteiger partial charge is 0.397 e. The molecule has 0 heterocycles. The number of halogens is 1. The van der Waals surface area contributed by atoms with Crippen LogP contribution >= 0.6 is 11.6 Å². The summed E-state index contributed by atoms with van der Waals surface area (Å²) < 4.78 is 0. The second-order valence-electron chi connectivity index (χ2n) is 4.28. The van der Waals surface area contributed by atoms with Gasteiger partial charge in [0, 0.05) is 11.4 Å². The predicted molar refractivity (Wildman–Crippen MR) is 66.5 cm³/mol. The van der Waals surface area contributed by atoms with Crippen LogP contribution in [0.15, 0.2) is 18.2 Å². The van der Waals surface area contributed by atoms with E-state index in [0.717, 1.165) is 0 Å². The van der Waals surface area contributed by atoms with Crippen LogP contribution in [0.2, 0.25) is 5.02 Å². The summed E-state index contributed by atoms with van der Waals surface area (Å²) in [6.07, 6.45) is 4.17. The second-order valence-corrected chi connectivity index (χ2v) is 4.72. The lowest BCUT2D eigenvalue weighted by Gasteiger charge is -2.24. The molecule has 0 saturated heterocycles. The normalized spacial score (nSPS) is 15.6. The monoisotopic (exact) mass is 238 g/mol. The third kappa shape index (κ3) is 2.67. The van der Waals surface area contributed by atoms with E-state index in [-0.39, 0.29) is 5.91 Å². The lowest BCUT2D eigenvalue weighted by molar-refractivity contribution is -0.117. The van der Waals surface area contributed by atoms with Crippen LogP contribution in [0, 0.1) is 5.92 Å². The van der Waals surface area contributed by atoms with Crippen LogP contribution in [0.3, 0.4) is 0 Å². The van der Waals surface area contributed by atoms with Crippen molar-refractivity contribution in [3.63, 3.8) is 0 Å². The van der Waals surface area contributed by atoms with Gasteiger partial charge < -0.3 is 11.1 Å². The number of carbonyl (C=O) groups excluding carboxylic acids is 1. The van der Waals surface area contributed by atoms with Crippen LogP contribution in [0.25, 0.3) is 0 Å². The molecule has 3 nitrogen and oxygen atoms in total. The molecular weight excluding hydrogens is 224 g/mol. The van der Waals surface area contributed by atoms with Gasteiger partial charge in [0.25, 0.3) is 0 Å². The van der Waals surface area contributed by atoms with Crippen LogP contribution in [0.4, 0.5) is 11.4 Å². The van der Waals surface area contributed by atoms with E-state index < -0.39 is 0 Å². The van der Waals surface area contributed by atoms with Crippen molar-refractivity contribution in [3.8, 4) is 0 Å². The van der Waals surface area contributed by atoms with Crippen molar-refractivity contribution < 1.29 is 4.79 Å². The van der Waals surface area contributed by atoms with Crippen LogP contribution in [-0.4, -0.2) is 5.91 Å². The average molecular weight is 239 g/mol. The summed E-state index contributed by atoms with van der Waals surface area (Å²) in [5.41, 5.74) is 6.90.